The molecule has 0 aliphatic carbocycles. The third-order valence-electron chi connectivity index (χ3n) is 3.43. The first kappa shape index (κ1) is 16.9. The van der Waals surface area contributed by atoms with E-state index in [4.69, 9.17) is 20.8 Å². The standard InChI is InChI=1S/C19H17ClN2O3/c20-15-5-3-14(4-6-15)13-25-17-9-7-16(8-10-17)22-19(23)21-12-18-2-1-11-24-18/h1-11H,12-13H2,(H2,21,22,23). The zero-order valence-corrected chi connectivity index (χ0v) is 14.1. The largest absolute Gasteiger partial charge is 0.489 e. The average Bonchev–Trinajstić information content (AvgIpc) is 3.14. The van der Waals surface area contributed by atoms with Crippen LogP contribution in [-0.2, 0) is 13.2 Å². The van der Waals surface area contributed by atoms with Crippen LogP contribution in [0.4, 0.5) is 10.5 Å². The number of carbonyl (C=O) groups is 1. The highest BCUT2D eigenvalue weighted by Gasteiger charge is 2.03. The number of carbonyl (C=O) groups excluding carboxylic acids is 1. The molecule has 6 heteroatoms. The molecule has 2 N–H and O–H groups in total. The highest BCUT2D eigenvalue weighted by Crippen LogP contribution is 2.18. The van der Waals surface area contributed by atoms with Crippen LogP contribution in [0.2, 0.25) is 5.02 Å². The average molecular weight is 357 g/mol. The van der Waals surface area contributed by atoms with Crippen LogP contribution in [0.1, 0.15) is 11.3 Å². The van der Waals surface area contributed by atoms with Gasteiger partial charge in [0.1, 0.15) is 18.1 Å². The fraction of sp³-hybridized carbons (Fsp3) is 0.105. The van der Waals surface area contributed by atoms with Crippen LogP contribution < -0.4 is 15.4 Å². The minimum Gasteiger partial charge on any atom is -0.489 e. The van der Waals surface area contributed by atoms with Crippen molar-refractivity contribution in [2.24, 2.45) is 0 Å². The fourth-order valence-corrected chi connectivity index (χ4v) is 2.26. The van der Waals surface area contributed by atoms with E-state index in [9.17, 15) is 4.79 Å². The van der Waals surface area contributed by atoms with Crippen molar-refractivity contribution >= 4 is 23.3 Å². The molecule has 0 saturated carbocycles. The molecule has 0 aliphatic rings. The summed E-state index contributed by atoms with van der Waals surface area (Å²) in [7, 11) is 0. The van der Waals surface area contributed by atoms with Gasteiger partial charge in [-0.15, -0.1) is 0 Å². The van der Waals surface area contributed by atoms with Crippen molar-refractivity contribution in [3.63, 3.8) is 0 Å². The summed E-state index contributed by atoms with van der Waals surface area (Å²) < 4.78 is 10.9. The van der Waals surface area contributed by atoms with E-state index >= 15 is 0 Å². The van der Waals surface area contributed by atoms with Gasteiger partial charge in [-0.05, 0) is 54.1 Å². The van der Waals surface area contributed by atoms with Crippen molar-refractivity contribution < 1.29 is 13.9 Å². The fourth-order valence-electron chi connectivity index (χ4n) is 2.14. The Labute approximate surface area is 150 Å². The first-order valence-electron chi connectivity index (χ1n) is 7.73. The van der Waals surface area contributed by atoms with Crippen molar-refractivity contribution in [1.29, 1.82) is 0 Å². The minimum absolute atomic E-state index is 0.300. The van der Waals surface area contributed by atoms with E-state index in [1.807, 2.05) is 24.3 Å². The minimum atomic E-state index is -0.300. The summed E-state index contributed by atoms with van der Waals surface area (Å²) in [5.41, 5.74) is 1.71. The number of nitrogens with one attached hydrogen (secondary N) is 2. The number of ether oxygens (including phenoxy) is 1. The Morgan fingerprint density at radius 2 is 1.80 bits per heavy atom. The van der Waals surface area contributed by atoms with Gasteiger partial charge < -0.3 is 19.8 Å². The van der Waals surface area contributed by atoms with E-state index in [0.29, 0.717) is 29.6 Å². The molecule has 0 atom stereocenters. The number of rotatable bonds is 6. The highest BCUT2D eigenvalue weighted by molar-refractivity contribution is 6.30. The van der Waals surface area contributed by atoms with Gasteiger partial charge in [-0.1, -0.05) is 23.7 Å². The van der Waals surface area contributed by atoms with E-state index in [0.717, 1.165) is 11.3 Å². The lowest BCUT2D eigenvalue weighted by Crippen LogP contribution is -2.27. The lowest BCUT2D eigenvalue weighted by molar-refractivity contribution is 0.251. The molecular weight excluding hydrogens is 340 g/mol. The van der Waals surface area contributed by atoms with E-state index in [1.165, 1.54) is 0 Å². The SMILES string of the molecule is O=C(NCc1ccco1)Nc1ccc(OCc2ccc(Cl)cc2)cc1. The van der Waals surface area contributed by atoms with Gasteiger partial charge in [-0.3, -0.25) is 0 Å². The Hall–Kier alpha value is -2.92. The molecule has 1 heterocycles. The molecular formula is C19H17ClN2O3. The summed E-state index contributed by atoms with van der Waals surface area (Å²) >= 11 is 5.85. The Morgan fingerprint density at radius 1 is 1.04 bits per heavy atom. The topological polar surface area (TPSA) is 63.5 Å². The molecule has 0 spiro atoms. The van der Waals surface area contributed by atoms with Crippen LogP contribution in [0.5, 0.6) is 5.75 Å². The molecule has 0 unspecified atom stereocenters. The number of furan rings is 1. The van der Waals surface area contributed by atoms with E-state index in [1.54, 1.807) is 42.7 Å². The number of hydrogen-bond donors (Lipinski definition) is 2. The number of urea groups is 1. The van der Waals surface area contributed by atoms with Gasteiger partial charge in [-0.2, -0.15) is 0 Å². The van der Waals surface area contributed by atoms with E-state index in [-0.39, 0.29) is 6.03 Å². The Bertz CT molecular complexity index is 800. The maximum absolute atomic E-state index is 11.8. The summed E-state index contributed by atoms with van der Waals surface area (Å²) in [4.78, 5) is 11.8. The number of amides is 2. The monoisotopic (exact) mass is 356 g/mol. The maximum atomic E-state index is 11.8. The smallest absolute Gasteiger partial charge is 0.319 e. The second-order valence-corrected chi connectivity index (χ2v) is 5.76. The molecule has 0 saturated heterocycles. The Kier molecular flexibility index (Phi) is 5.59. The predicted octanol–water partition coefficient (Wildman–Crippen LogP) is 4.83. The van der Waals surface area contributed by atoms with Crippen LogP contribution in [0, 0.1) is 0 Å². The molecule has 3 aromatic rings. The predicted molar refractivity (Wildman–Crippen MR) is 96.8 cm³/mol. The number of hydrogen-bond acceptors (Lipinski definition) is 3. The van der Waals surface area contributed by atoms with E-state index in [2.05, 4.69) is 10.6 Å². The number of benzene rings is 2. The van der Waals surface area contributed by atoms with Crippen LogP contribution in [0.3, 0.4) is 0 Å². The van der Waals surface area contributed by atoms with Crippen molar-refractivity contribution in [2.45, 2.75) is 13.2 Å². The van der Waals surface area contributed by atoms with Gasteiger partial charge in [0.2, 0.25) is 0 Å². The van der Waals surface area contributed by atoms with E-state index < -0.39 is 0 Å². The third kappa shape index (κ3) is 5.29. The molecule has 5 nitrogen and oxygen atoms in total. The van der Waals surface area contributed by atoms with Crippen LogP contribution in [0.25, 0.3) is 0 Å². The van der Waals surface area contributed by atoms with Gasteiger partial charge in [0.25, 0.3) is 0 Å². The molecule has 0 fully saturated rings. The van der Waals surface area contributed by atoms with Gasteiger partial charge in [0.05, 0.1) is 12.8 Å². The van der Waals surface area contributed by atoms with Crippen LogP contribution >= 0.6 is 11.6 Å². The maximum Gasteiger partial charge on any atom is 0.319 e. The van der Waals surface area contributed by atoms with Gasteiger partial charge in [-0.25, -0.2) is 4.79 Å². The zero-order chi connectivity index (χ0) is 17.5. The van der Waals surface area contributed by atoms with Crippen molar-refractivity contribution in [3.8, 4) is 5.75 Å². The first-order chi connectivity index (χ1) is 12.2. The second kappa shape index (κ2) is 8.26. The molecule has 0 bridgehead atoms. The third-order valence-corrected chi connectivity index (χ3v) is 3.69. The number of anilines is 1. The molecule has 3 rings (SSSR count). The molecule has 2 amide bonds. The summed E-state index contributed by atoms with van der Waals surface area (Å²) in [6.45, 7) is 0.786. The molecule has 2 aromatic carbocycles. The molecule has 1 aromatic heterocycles. The van der Waals surface area contributed by atoms with Crippen LogP contribution in [0.15, 0.2) is 71.3 Å². The Balaban J connectivity index is 1.46. The second-order valence-electron chi connectivity index (χ2n) is 5.33. The summed E-state index contributed by atoms with van der Waals surface area (Å²) in [5.74, 6) is 1.41. The molecule has 25 heavy (non-hydrogen) atoms. The number of halogens is 1. The molecule has 0 radical (unpaired) electrons. The lowest BCUT2D eigenvalue weighted by atomic mass is 10.2. The van der Waals surface area contributed by atoms with Crippen LogP contribution in [-0.4, -0.2) is 6.03 Å². The summed E-state index contributed by atoms with van der Waals surface area (Å²) in [5, 5.41) is 6.16. The highest BCUT2D eigenvalue weighted by atomic mass is 35.5. The summed E-state index contributed by atoms with van der Waals surface area (Å²) in [6, 6.07) is 17.9. The quantitative estimate of drug-likeness (QED) is 0.664. The zero-order valence-electron chi connectivity index (χ0n) is 13.4. The summed E-state index contributed by atoms with van der Waals surface area (Å²) in [6.07, 6.45) is 1.57. The Morgan fingerprint density at radius 3 is 2.48 bits per heavy atom. The first-order valence-corrected chi connectivity index (χ1v) is 8.11. The van der Waals surface area contributed by atoms with Gasteiger partial charge in [0.15, 0.2) is 0 Å². The van der Waals surface area contributed by atoms with Crippen molar-refractivity contribution in [3.05, 3.63) is 83.3 Å². The normalized spacial score (nSPS) is 10.3. The molecule has 128 valence electrons. The van der Waals surface area contributed by atoms with Crippen molar-refractivity contribution in [2.75, 3.05) is 5.32 Å². The van der Waals surface area contributed by atoms with Gasteiger partial charge in [0, 0.05) is 10.7 Å². The van der Waals surface area contributed by atoms with Crippen molar-refractivity contribution in [1.82, 2.24) is 5.32 Å². The molecule has 0 aliphatic heterocycles. The van der Waals surface area contributed by atoms with Gasteiger partial charge >= 0.3 is 6.03 Å². The lowest BCUT2D eigenvalue weighted by Gasteiger charge is -2.09.